The first-order valence-electron chi connectivity index (χ1n) is 13.9. The van der Waals surface area contributed by atoms with E-state index in [1.807, 2.05) is 44.2 Å². The van der Waals surface area contributed by atoms with Gasteiger partial charge in [0.2, 0.25) is 11.8 Å². The average Bonchev–Trinajstić information content (AvgIpc) is 2.99. The molecule has 0 saturated carbocycles. The van der Waals surface area contributed by atoms with E-state index < -0.39 is 28.5 Å². The molecule has 0 aromatic heterocycles. The normalized spacial score (nSPS) is 12.0. The number of rotatable bonds is 12. The van der Waals surface area contributed by atoms with Crippen LogP contribution in [0.2, 0.25) is 15.1 Å². The van der Waals surface area contributed by atoms with Gasteiger partial charge in [0.15, 0.2) is 0 Å². The first-order chi connectivity index (χ1) is 21.0. The Kier molecular flexibility index (Phi) is 11.3. The molecule has 0 fully saturated rings. The van der Waals surface area contributed by atoms with Crippen LogP contribution in [0.15, 0.2) is 108 Å². The predicted octanol–water partition coefficient (Wildman–Crippen LogP) is 7.01. The lowest BCUT2D eigenvalue weighted by Gasteiger charge is -2.34. The number of amides is 2. The van der Waals surface area contributed by atoms with Crippen molar-refractivity contribution >= 4 is 62.3 Å². The quantitative estimate of drug-likeness (QED) is 0.176. The van der Waals surface area contributed by atoms with Gasteiger partial charge in [-0.3, -0.25) is 13.9 Å². The number of hydrogen-bond donors (Lipinski definition) is 1. The Morgan fingerprint density at radius 2 is 1.41 bits per heavy atom. The first kappa shape index (κ1) is 33.3. The topological polar surface area (TPSA) is 86.8 Å². The third-order valence-corrected chi connectivity index (χ3v) is 9.57. The van der Waals surface area contributed by atoms with E-state index in [0.29, 0.717) is 10.6 Å². The number of halogens is 3. The molecule has 4 aromatic rings. The first-order valence-corrected chi connectivity index (χ1v) is 16.4. The largest absolute Gasteiger partial charge is 0.352 e. The molecule has 1 atom stereocenters. The van der Waals surface area contributed by atoms with Crippen molar-refractivity contribution in [3.8, 4) is 0 Å². The maximum Gasteiger partial charge on any atom is 0.264 e. The molecule has 0 aliphatic rings. The lowest BCUT2D eigenvalue weighted by molar-refractivity contribution is -0.140. The molecule has 1 N–H and O–H groups in total. The van der Waals surface area contributed by atoms with E-state index >= 15 is 0 Å². The molecule has 7 nitrogen and oxygen atoms in total. The molecule has 0 bridgehead atoms. The van der Waals surface area contributed by atoms with Gasteiger partial charge >= 0.3 is 0 Å². The monoisotopic (exact) mass is 671 g/mol. The summed E-state index contributed by atoms with van der Waals surface area (Å²) in [5.74, 6) is -1.00. The predicted molar refractivity (Wildman–Crippen MR) is 177 cm³/mol. The van der Waals surface area contributed by atoms with Gasteiger partial charge in [-0.2, -0.15) is 0 Å². The van der Waals surface area contributed by atoms with Gasteiger partial charge in [0.25, 0.3) is 10.0 Å². The summed E-state index contributed by atoms with van der Waals surface area (Å²) in [4.78, 5) is 29.5. The molecule has 0 spiro atoms. The zero-order valence-electron chi connectivity index (χ0n) is 24.2. The van der Waals surface area contributed by atoms with Crippen LogP contribution in [0.1, 0.15) is 25.0 Å². The Bertz CT molecular complexity index is 1700. The van der Waals surface area contributed by atoms with Gasteiger partial charge in [-0.1, -0.05) is 102 Å². The Morgan fingerprint density at radius 3 is 2.05 bits per heavy atom. The van der Waals surface area contributed by atoms with Crippen LogP contribution < -0.4 is 9.62 Å². The minimum Gasteiger partial charge on any atom is -0.352 e. The second-order valence-corrected chi connectivity index (χ2v) is 13.5. The summed E-state index contributed by atoms with van der Waals surface area (Å²) >= 11 is 19.1. The Balaban J connectivity index is 1.83. The molecule has 4 aromatic carbocycles. The van der Waals surface area contributed by atoms with Crippen LogP contribution in [0.3, 0.4) is 0 Å². The van der Waals surface area contributed by atoms with Gasteiger partial charge in [0, 0.05) is 24.0 Å². The van der Waals surface area contributed by atoms with E-state index in [0.717, 1.165) is 9.87 Å². The SMILES string of the molecule is CC(C)NC(=O)[C@@H](Cc1ccccc1)N(Cc1cccc(Cl)c1)C(=O)CN(c1cccc(Cl)c1Cl)S(=O)(=O)c1ccccc1. The zero-order valence-corrected chi connectivity index (χ0v) is 27.2. The number of anilines is 1. The molecule has 44 heavy (non-hydrogen) atoms. The lowest BCUT2D eigenvalue weighted by Crippen LogP contribution is -2.54. The fraction of sp³-hybridized carbons (Fsp3) is 0.212. The van der Waals surface area contributed by atoms with Crippen LogP contribution in [0.4, 0.5) is 5.69 Å². The molecular formula is C33H32Cl3N3O4S. The van der Waals surface area contributed by atoms with E-state index in [1.165, 1.54) is 29.2 Å². The number of benzene rings is 4. The molecule has 4 rings (SSSR count). The summed E-state index contributed by atoms with van der Waals surface area (Å²) in [6.07, 6.45) is 0.190. The van der Waals surface area contributed by atoms with Crippen LogP contribution in [0.5, 0.6) is 0 Å². The van der Waals surface area contributed by atoms with Crippen LogP contribution in [0, 0.1) is 0 Å². The summed E-state index contributed by atoms with van der Waals surface area (Å²) in [7, 11) is -4.30. The zero-order chi connectivity index (χ0) is 31.9. The van der Waals surface area contributed by atoms with Crippen molar-refractivity contribution in [3.63, 3.8) is 0 Å². The standard InChI is InChI=1S/C33H32Cl3N3O4S/c1-23(2)37-33(41)30(20-24-11-5-3-6-12-24)38(21-25-13-9-14-26(34)19-25)31(40)22-39(29-18-10-17-28(35)32(29)36)44(42,43)27-15-7-4-8-16-27/h3-19,23,30H,20-22H2,1-2H3,(H,37,41)/t30-/m1/s1. The molecule has 230 valence electrons. The third kappa shape index (κ3) is 8.33. The third-order valence-electron chi connectivity index (χ3n) is 6.75. The highest BCUT2D eigenvalue weighted by molar-refractivity contribution is 7.92. The second-order valence-electron chi connectivity index (χ2n) is 10.4. The van der Waals surface area contributed by atoms with E-state index in [4.69, 9.17) is 34.8 Å². The van der Waals surface area contributed by atoms with Crippen molar-refractivity contribution in [1.82, 2.24) is 10.2 Å². The maximum absolute atomic E-state index is 14.4. The van der Waals surface area contributed by atoms with Crippen LogP contribution in [-0.4, -0.2) is 43.8 Å². The smallest absolute Gasteiger partial charge is 0.264 e. The maximum atomic E-state index is 14.4. The second kappa shape index (κ2) is 14.9. The summed E-state index contributed by atoms with van der Waals surface area (Å²) in [6.45, 7) is 2.99. The molecule has 0 saturated heterocycles. The van der Waals surface area contributed by atoms with Gasteiger partial charge in [-0.15, -0.1) is 0 Å². The number of sulfonamides is 1. The highest BCUT2D eigenvalue weighted by Gasteiger charge is 2.35. The van der Waals surface area contributed by atoms with E-state index in [2.05, 4.69) is 5.32 Å². The minimum atomic E-state index is -4.30. The molecule has 0 unspecified atom stereocenters. The summed E-state index contributed by atoms with van der Waals surface area (Å²) in [6, 6.07) is 27.4. The minimum absolute atomic E-state index is 0.00902. The molecule has 0 aliphatic heterocycles. The number of nitrogens with one attached hydrogen (secondary N) is 1. The number of nitrogens with zero attached hydrogens (tertiary/aromatic N) is 2. The highest BCUT2D eigenvalue weighted by Crippen LogP contribution is 2.35. The van der Waals surface area contributed by atoms with Crippen molar-refractivity contribution in [3.05, 3.63) is 129 Å². The Labute approximate surface area is 273 Å². The lowest BCUT2D eigenvalue weighted by atomic mass is 10.0. The Hall–Kier alpha value is -3.56. The molecular weight excluding hydrogens is 641 g/mol. The number of hydrogen-bond acceptors (Lipinski definition) is 4. The fourth-order valence-electron chi connectivity index (χ4n) is 4.68. The summed E-state index contributed by atoms with van der Waals surface area (Å²) in [5, 5.41) is 3.48. The van der Waals surface area contributed by atoms with E-state index in [9.17, 15) is 18.0 Å². The van der Waals surface area contributed by atoms with Crippen molar-refractivity contribution in [2.45, 2.75) is 43.8 Å². The van der Waals surface area contributed by atoms with Crippen molar-refractivity contribution in [2.75, 3.05) is 10.8 Å². The van der Waals surface area contributed by atoms with E-state index in [-0.39, 0.29) is 45.5 Å². The van der Waals surface area contributed by atoms with Crippen LogP contribution in [-0.2, 0) is 32.6 Å². The molecule has 0 aliphatic carbocycles. The number of carbonyl (C=O) groups excluding carboxylic acids is 2. The average molecular weight is 673 g/mol. The van der Waals surface area contributed by atoms with Gasteiger partial charge < -0.3 is 10.2 Å². The van der Waals surface area contributed by atoms with Gasteiger partial charge in [0.05, 0.1) is 20.6 Å². The fourth-order valence-corrected chi connectivity index (χ4v) is 6.79. The van der Waals surface area contributed by atoms with Gasteiger partial charge in [0.1, 0.15) is 12.6 Å². The van der Waals surface area contributed by atoms with Gasteiger partial charge in [-0.05, 0) is 61.4 Å². The van der Waals surface area contributed by atoms with Crippen molar-refractivity contribution < 1.29 is 18.0 Å². The summed E-state index contributed by atoms with van der Waals surface area (Å²) in [5.41, 5.74) is 1.52. The number of carbonyl (C=O) groups is 2. The van der Waals surface area contributed by atoms with Crippen LogP contribution >= 0.6 is 34.8 Å². The molecule has 0 radical (unpaired) electrons. The van der Waals surface area contributed by atoms with Crippen molar-refractivity contribution in [1.29, 1.82) is 0 Å². The van der Waals surface area contributed by atoms with Crippen LogP contribution in [0.25, 0.3) is 0 Å². The van der Waals surface area contributed by atoms with Crippen molar-refractivity contribution in [2.24, 2.45) is 0 Å². The van der Waals surface area contributed by atoms with Gasteiger partial charge in [-0.25, -0.2) is 8.42 Å². The highest BCUT2D eigenvalue weighted by atomic mass is 35.5. The Morgan fingerprint density at radius 1 is 0.795 bits per heavy atom. The molecule has 11 heteroatoms. The summed E-state index contributed by atoms with van der Waals surface area (Å²) < 4.78 is 29.0. The molecule has 0 heterocycles. The molecule has 2 amide bonds. The van der Waals surface area contributed by atoms with E-state index in [1.54, 1.807) is 48.5 Å².